The molecule has 0 saturated carbocycles. The van der Waals surface area contributed by atoms with Crippen LogP contribution in [0.15, 0.2) is 24.3 Å². The van der Waals surface area contributed by atoms with E-state index in [1.807, 2.05) is 34.6 Å². The first-order valence-electron chi connectivity index (χ1n) is 9.56. The Morgan fingerprint density at radius 3 is 2.53 bits per heavy atom. The topological polar surface area (TPSA) is 75.2 Å². The van der Waals surface area contributed by atoms with E-state index in [0.29, 0.717) is 10.6 Å². The first-order valence-corrected chi connectivity index (χ1v) is 10.4. The number of nitrogens with zero attached hydrogens (tertiary/aromatic N) is 3. The van der Waals surface area contributed by atoms with Gasteiger partial charge in [0.2, 0.25) is 5.91 Å². The third-order valence-corrected chi connectivity index (χ3v) is 5.85. The second kappa shape index (κ2) is 8.10. The van der Waals surface area contributed by atoms with Gasteiger partial charge < -0.3 is 10.2 Å². The number of fused-ring (bicyclic) bond motifs is 1. The van der Waals surface area contributed by atoms with E-state index in [-0.39, 0.29) is 17.9 Å². The lowest BCUT2D eigenvalue weighted by Gasteiger charge is -2.17. The van der Waals surface area contributed by atoms with Gasteiger partial charge in [-0.3, -0.25) is 9.59 Å². The quantitative estimate of drug-likeness (QED) is 0.666. The summed E-state index contributed by atoms with van der Waals surface area (Å²) in [7, 11) is 1.57. The van der Waals surface area contributed by atoms with Gasteiger partial charge in [0, 0.05) is 23.5 Å². The standard InChI is InChI=1S/C22H25FN4O2S/c1-12-17-13(2)24-21(22(3,4)5)26-19(17)30-18(12)20(29)27(6)11-16(28)25-15-9-7-8-14(23)10-15/h7-10H,11H2,1-6H3,(H,25,28). The average molecular weight is 429 g/mol. The van der Waals surface area contributed by atoms with Gasteiger partial charge in [0.25, 0.3) is 5.91 Å². The molecule has 30 heavy (non-hydrogen) atoms. The number of halogens is 1. The van der Waals surface area contributed by atoms with E-state index in [1.54, 1.807) is 13.1 Å². The van der Waals surface area contributed by atoms with Crippen molar-refractivity contribution in [1.29, 1.82) is 0 Å². The molecule has 1 aromatic carbocycles. The molecule has 0 aliphatic rings. The molecule has 0 unspecified atom stereocenters. The van der Waals surface area contributed by atoms with Gasteiger partial charge in [-0.1, -0.05) is 26.8 Å². The highest BCUT2D eigenvalue weighted by atomic mass is 32.1. The Morgan fingerprint density at radius 2 is 1.90 bits per heavy atom. The van der Waals surface area contributed by atoms with Crippen molar-refractivity contribution < 1.29 is 14.0 Å². The van der Waals surface area contributed by atoms with Crippen molar-refractivity contribution in [2.45, 2.75) is 40.0 Å². The minimum atomic E-state index is -0.441. The van der Waals surface area contributed by atoms with Crippen LogP contribution in [0.2, 0.25) is 0 Å². The van der Waals surface area contributed by atoms with Crippen LogP contribution in [0, 0.1) is 19.7 Å². The second-order valence-corrected chi connectivity index (χ2v) is 9.34. The molecule has 3 rings (SSSR count). The van der Waals surface area contributed by atoms with E-state index in [1.165, 1.54) is 34.4 Å². The second-order valence-electron chi connectivity index (χ2n) is 8.34. The number of thiophene rings is 1. The summed E-state index contributed by atoms with van der Waals surface area (Å²) in [6, 6.07) is 5.62. The SMILES string of the molecule is Cc1nc(C(C)(C)C)nc2sc(C(=O)N(C)CC(=O)Nc3cccc(F)c3)c(C)c12. The fraction of sp³-hybridized carbons (Fsp3) is 0.364. The molecule has 6 nitrogen and oxygen atoms in total. The molecular weight excluding hydrogens is 403 g/mol. The molecule has 1 N–H and O–H groups in total. The molecule has 8 heteroatoms. The molecule has 0 radical (unpaired) electrons. The van der Waals surface area contributed by atoms with Crippen LogP contribution >= 0.6 is 11.3 Å². The number of amides is 2. The van der Waals surface area contributed by atoms with E-state index >= 15 is 0 Å². The number of benzene rings is 1. The van der Waals surface area contributed by atoms with Crippen molar-refractivity contribution in [2.24, 2.45) is 0 Å². The number of aromatic nitrogens is 2. The predicted molar refractivity (Wildman–Crippen MR) is 118 cm³/mol. The summed E-state index contributed by atoms with van der Waals surface area (Å²) in [5, 5.41) is 3.49. The maximum atomic E-state index is 13.3. The van der Waals surface area contributed by atoms with E-state index in [0.717, 1.165) is 27.3 Å². The maximum absolute atomic E-state index is 13.3. The lowest BCUT2D eigenvalue weighted by molar-refractivity contribution is -0.116. The summed E-state index contributed by atoms with van der Waals surface area (Å²) >= 11 is 1.31. The van der Waals surface area contributed by atoms with Crippen LogP contribution in [0.1, 0.15) is 47.5 Å². The van der Waals surface area contributed by atoms with Gasteiger partial charge >= 0.3 is 0 Å². The third-order valence-electron chi connectivity index (χ3n) is 4.67. The first kappa shape index (κ1) is 21.8. The summed E-state index contributed by atoms with van der Waals surface area (Å²) in [5.74, 6) is -0.373. The highest BCUT2D eigenvalue weighted by molar-refractivity contribution is 7.20. The van der Waals surface area contributed by atoms with Crippen molar-refractivity contribution >= 4 is 39.1 Å². The van der Waals surface area contributed by atoms with Gasteiger partial charge in [-0.25, -0.2) is 14.4 Å². The first-order chi connectivity index (χ1) is 14.0. The van der Waals surface area contributed by atoms with Crippen LogP contribution in [-0.2, 0) is 10.2 Å². The fourth-order valence-electron chi connectivity index (χ4n) is 3.11. The van der Waals surface area contributed by atoms with Crippen molar-refractivity contribution in [2.75, 3.05) is 18.9 Å². The highest BCUT2D eigenvalue weighted by Crippen LogP contribution is 2.33. The van der Waals surface area contributed by atoms with Crippen LogP contribution in [-0.4, -0.2) is 40.3 Å². The van der Waals surface area contributed by atoms with Gasteiger partial charge in [-0.15, -0.1) is 11.3 Å². The number of rotatable bonds is 4. The molecule has 3 aromatic rings. The van der Waals surface area contributed by atoms with Crippen LogP contribution in [0.3, 0.4) is 0 Å². The Labute approximate surface area is 179 Å². The molecule has 2 aromatic heterocycles. The Morgan fingerprint density at radius 1 is 1.20 bits per heavy atom. The molecule has 2 heterocycles. The molecule has 0 aliphatic heterocycles. The molecule has 2 amide bonds. The lowest BCUT2D eigenvalue weighted by atomic mass is 9.95. The molecule has 158 valence electrons. The van der Waals surface area contributed by atoms with Crippen molar-refractivity contribution in [1.82, 2.24) is 14.9 Å². The van der Waals surface area contributed by atoms with Crippen LogP contribution < -0.4 is 5.32 Å². The Hall–Kier alpha value is -2.87. The summed E-state index contributed by atoms with van der Waals surface area (Å²) in [5.41, 5.74) is 1.80. The number of hydrogen-bond acceptors (Lipinski definition) is 5. The predicted octanol–water partition coefficient (Wildman–Crippen LogP) is 4.46. The summed E-state index contributed by atoms with van der Waals surface area (Å²) in [6.07, 6.45) is 0. The number of carbonyl (C=O) groups excluding carboxylic acids is 2. The summed E-state index contributed by atoms with van der Waals surface area (Å²) < 4.78 is 13.3. The average Bonchev–Trinajstić information content (AvgIpc) is 2.97. The Kier molecular flexibility index (Phi) is 5.90. The Balaban J connectivity index is 1.82. The van der Waals surface area contributed by atoms with Gasteiger partial charge in [0.1, 0.15) is 16.5 Å². The van der Waals surface area contributed by atoms with E-state index in [2.05, 4.69) is 15.3 Å². The van der Waals surface area contributed by atoms with Crippen molar-refractivity contribution in [3.05, 3.63) is 52.0 Å². The van der Waals surface area contributed by atoms with Gasteiger partial charge in [0.15, 0.2) is 0 Å². The summed E-state index contributed by atoms with van der Waals surface area (Å²) in [4.78, 5) is 37.3. The fourth-order valence-corrected chi connectivity index (χ4v) is 4.33. The van der Waals surface area contributed by atoms with E-state index in [9.17, 15) is 14.0 Å². The molecule has 0 fully saturated rings. The summed E-state index contributed by atoms with van der Waals surface area (Å²) in [6.45, 7) is 9.78. The molecule has 0 aliphatic carbocycles. The Bertz CT molecular complexity index is 1130. The smallest absolute Gasteiger partial charge is 0.264 e. The van der Waals surface area contributed by atoms with Crippen LogP contribution in [0.4, 0.5) is 10.1 Å². The van der Waals surface area contributed by atoms with Gasteiger partial charge in [-0.05, 0) is 37.6 Å². The third kappa shape index (κ3) is 4.48. The zero-order valence-corrected chi connectivity index (χ0v) is 18.8. The number of anilines is 1. The highest BCUT2D eigenvalue weighted by Gasteiger charge is 2.25. The minimum absolute atomic E-state index is 0.152. The number of likely N-dealkylation sites (N-methyl/N-ethyl adjacent to an activating group) is 1. The molecule has 0 bridgehead atoms. The largest absolute Gasteiger partial charge is 0.332 e. The zero-order chi connectivity index (χ0) is 22.2. The molecule has 0 saturated heterocycles. The number of nitrogens with one attached hydrogen (secondary N) is 1. The van der Waals surface area contributed by atoms with E-state index < -0.39 is 11.7 Å². The number of aryl methyl sites for hydroxylation is 2. The van der Waals surface area contributed by atoms with Gasteiger partial charge in [-0.2, -0.15) is 0 Å². The number of carbonyl (C=O) groups is 2. The van der Waals surface area contributed by atoms with Crippen LogP contribution in [0.25, 0.3) is 10.2 Å². The van der Waals surface area contributed by atoms with Gasteiger partial charge in [0.05, 0.1) is 17.1 Å². The van der Waals surface area contributed by atoms with Crippen molar-refractivity contribution in [3.63, 3.8) is 0 Å². The van der Waals surface area contributed by atoms with E-state index in [4.69, 9.17) is 0 Å². The van der Waals surface area contributed by atoms with Crippen molar-refractivity contribution in [3.8, 4) is 0 Å². The molecular formula is C22H25FN4O2S. The number of hydrogen-bond donors (Lipinski definition) is 1. The minimum Gasteiger partial charge on any atom is -0.332 e. The van der Waals surface area contributed by atoms with Crippen LogP contribution in [0.5, 0.6) is 0 Å². The zero-order valence-electron chi connectivity index (χ0n) is 18.0. The molecule has 0 atom stereocenters. The molecule has 0 spiro atoms. The monoisotopic (exact) mass is 428 g/mol. The lowest BCUT2D eigenvalue weighted by Crippen LogP contribution is -2.34. The normalized spacial score (nSPS) is 11.6. The maximum Gasteiger partial charge on any atom is 0.264 e.